The molecular formula is C17H14N8OS. The highest BCUT2D eigenvalue weighted by Crippen LogP contribution is 2.29. The Labute approximate surface area is 157 Å². The van der Waals surface area contributed by atoms with Crippen LogP contribution in [0.2, 0.25) is 0 Å². The van der Waals surface area contributed by atoms with Gasteiger partial charge in [0.2, 0.25) is 5.13 Å². The second-order valence-electron chi connectivity index (χ2n) is 5.56. The fourth-order valence-electron chi connectivity index (χ4n) is 2.50. The first kappa shape index (κ1) is 16.8. The molecule has 3 N–H and O–H groups in total. The van der Waals surface area contributed by atoms with E-state index < -0.39 is 0 Å². The Morgan fingerprint density at radius 3 is 2.78 bits per heavy atom. The Hall–Kier alpha value is -3.66. The predicted octanol–water partition coefficient (Wildman–Crippen LogP) is 3.74. The SMILES string of the molecule is Cc1c(C(=O)Nc2ccccc2)cnc2c(N=Nc3nccs3)c(N)nn12. The molecule has 0 bridgehead atoms. The number of carbonyl (C=O) groups excluding carboxylic acids is 1. The van der Waals surface area contributed by atoms with E-state index in [0.717, 1.165) is 0 Å². The molecule has 4 aromatic rings. The van der Waals surface area contributed by atoms with E-state index in [-0.39, 0.29) is 11.7 Å². The molecule has 3 aromatic heterocycles. The maximum absolute atomic E-state index is 12.6. The number of nitrogens with one attached hydrogen (secondary N) is 1. The van der Waals surface area contributed by atoms with Crippen LogP contribution in [0.5, 0.6) is 0 Å². The lowest BCUT2D eigenvalue weighted by atomic mass is 10.2. The molecule has 0 fully saturated rings. The summed E-state index contributed by atoms with van der Waals surface area (Å²) < 4.78 is 1.49. The van der Waals surface area contributed by atoms with Crippen molar-refractivity contribution in [3.8, 4) is 0 Å². The van der Waals surface area contributed by atoms with Crippen molar-refractivity contribution in [2.45, 2.75) is 6.92 Å². The summed E-state index contributed by atoms with van der Waals surface area (Å²) in [6.45, 7) is 1.77. The van der Waals surface area contributed by atoms with Crippen LogP contribution in [-0.2, 0) is 0 Å². The molecule has 0 radical (unpaired) electrons. The molecule has 9 nitrogen and oxygen atoms in total. The second kappa shape index (κ2) is 6.92. The Bertz CT molecular complexity index is 1130. The van der Waals surface area contributed by atoms with Gasteiger partial charge < -0.3 is 11.1 Å². The minimum Gasteiger partial charge on any atom is -0.380 e. The number of aryl methyl sites for hydroxylation is 1. The monoisotopic (exact) mass is 378 g/mol. The molecule has 0 atom stereocenters. The zero-order valence-corrected chi connectivity index (χ0v) is 15.0. The minimum atomic E-state index is -0.284. The third kappa shape index (κ3) is 3.25. The van der Waals surface area contributed by atoms with Gasteiger partial charge in [0.05, 0.1) is 11.3 Å². The van der Waals surface area contributed by atoms with E-state index in [0.29, 0.717) is 33.4 Å². The molecule has 0 saturated carbocycles. The molecule has 3 heterocycles. The number of amides is 1. The van der Waals surface area contributed by atoms with Crippen molar-refractivity contribution in [3.05, 3.63) is 59.4 Å². The average Bonchev–Trinajstić information content (AvgIpc) is 3.29. The number of para-hydroxylation sites is 1. The summed E-state index contributed by atoms with van der Waals surface area (Å²) in [6.07, 6.45) is 3.12. The molecular weight excluding hydrogens is 364 g/mol. The van der Waals surface area contributed by atoms with Gasteiger partial charge >= 0.3 is 0 Å². The molecule has 1 aromatic carbocycles. The standard InChI is InChI=1S/C17H14N8OS/c1-10-12(16(26)21-11-5-3-2-4-6-11)9-20-15-13(14(18)24-25(10)15)22-23-17-19-7-8-27-17/h2-9H,1H3,(H2,18,24)(H,21,26). The van der Waals surface area contributed by atoms with Crippen LogP contribution < -0.4 is 11.1 Å². The number of carbonyl (C=O) groups is 1. The van der Waals surface area contributed by atoms with Gasteiger partial charge in [-0.15, -0.1) is 26.7 Å². The molecule has 0 aliphatic rings. The number of nitrogen functional groups attached to an aromatic ring is 1. The molecule has 0 aliphatic heterocycles. The summed E-state index contributed by atoms with van der Waals surface area (Å²) in [7, 11) is 0. The summed E-state index contributed by atoms with van der Waals surface area (Å²) >= 11 is 1.35. The summed E-state index contributed by atoms with van der Waals surface area (Å²) in [5.74, 6) is -0.111. The van der Waals surface area contributed by atoms with Crippen molar-refractivity contribution in [2.24, 2.45) is 10.2 Å². The van der Waals surface area contributed by atoms with Crippen molar-refractivity contribution < 1.29 is 4.79 Å². The highest BCUT2D eigenvalue weighted by atomic mass is 32.1. The summed E-state index contributed by atoms with van der Waals surface area (Å²) in [4.78, 5) is 20.9. The number of hydrogen-bond acceptors (Lipinski definition) is 8. The highest BCUT2D eigenvalue weighted by molar-refractivity contribution is 7.13. The number of hydrogen-bond donors (Lipinski definition) is 2. The number of aromatic nitrogens is 4. The summed E-state index contributed by atoms with van der Waals surface area (Å²) in [5, 5.41) is 17.5. The van der Waals surface area contributed by atoms with Gasteiger partial charge in [-0.05, 0) is 19.1 Å². The molecule has 0 aliphatic carbocycles. The van der Waals surface area contributed by atoms with Crippen LogP contribution in [0, 0.1) is 6.92 Å². The van der Waals surface area contributed by atoms with E-state index in [2.05, 4.69) is 30.6 Å². The quantitative estimate of drug-likeness (QED) is 0.524. The third-order valence-corrected chi connectivity index (χ3v) is 4.47. The van der Waals surface area contributed by atoms with Gasteiger partial charge in [-0.25, -0.2) is 14.5 Å². The fourth-order valence-corrected chi connectivity index (χ4v) is 2.95. The first-order valence-electron chi connectivity index (χ1n) is 7.95. The minimum absolute atomic E-state index is 0.173. The van der Waals surface area contributed by atoms with E-state index in [1.165, 1.54) is 22.0 Å². The van der Waals surface area contributed by atoms with Crippen LogP contribution in [0.4, 0.5) is 22.3 Å². The van der Waals surface area contributed by atoms with E-state index in [9.17, 15) is 4.79 Å². The van der Waals surface area contributed by atoms with Gasteiger partial charge in [0.15, 0.2) is 17.2 Å². The number of anilines is 2. The number of fused-ring (bicyclic) bond motifs is 1. The van der Waals surface area contributed by atoms with Crippen molar-refractivity contribution in [2.75, 3.05) is 11.1 Å². The van der Waals surface area contributed by atoms with E-state index >= 15 is 0 Å². The fraction of sp³-hybridized carbons (Fsp3) is 0.0588. The lowest BCUT2D eigenvalue weighted by Crippen LogP contribution is -2.16. The van der Waals surface area contributed by atoms with Gasteiger partial charge in [0, 0.05) is 23.5 Å². The largest absolute Gasteiger partial charge is 0.380 e. The number of thiazole rings is 1. The Kier molecular flexibility index (Phi) is 4.30. The first-order valence-corrected chi connectivity index (χ1v) is 8.83. The molecule has 27 heavy (non-hydrogen) atoms. The third-order valence-electron chi connectivity index (χ3n) is 3.82. The van der Waals surface area contributed by atoms with E-state index in [4.69, 9.17) is 5.73 Å². The van der Waals surface area contributed by atoms with Crippen molar-refractivity contribution in [1.29, 1.82) is 0 Å². The average molecular weight is 378 g/mol. The Morgan fingerprint density at radius 1 is 1.22 bits per heavy atom. The number of nitrogens with two attached hydrogens (primary N) is 1. The van der Waals surface area contributed by atoms with Crippen molar-refractivity contribution in [3.63, 3.8) is 0 Å². The molecule has 134 valence electrons. The molecule has 10 heteroatoms. The smallest absolute Gasteiger partial charge is 0.259 e. The number of nitrogens with zero attached hydrogens (tertiary/aromatic N) is 6. The Balaban J connectivity index is 1.69. The Morgan fingerprint density at radius 2 is 2.04 bits per heavy atom. The van der Waals surface area contributed by atoms with Crippen LogP contribution >= 0.6 is 11.3 Å². The summed E-state index contributed by atoms with van der Waals surface area (Å²) in [6, 6.07) is 9.18. The van der Waals surface area contributed by atoms with Crippen molar-refractivity contribution >= 4 is 45.2 Å². The maximum Gasteiger partial charge on any atom is 0.259 e. The van der Waals surface area contributed by atoms with Gasteiger partial charge in [-0.1, -0.05) is 18.2 Å². The van der Waals surface area contributed by atoms with E-state index in [1.807, 2.05) is 30.3 Å². The van der Waals surface area contributed by atoms with Crippen LogP contribution in [-0.4, -0.2) is 25.5 Å². The molecule has 0 unspecified atom stereocenters. The van der Waals surface area contributed by atoms with Gasteiger partial charge in [0.25, 0.3) is 5.91 Å². The molecule has 0 spiro atoms. The zero-order valence-electron chi connectivity index (χ0n) is 14.2. The van der Waals surface area contributed by atoms with Crippen molar-refractivity contribution in [1.82, 2.24) is 19.6 Å². The summed E-state index contributed by atoms with van der Waals surface area (Å²) in [5.41, 5.74) is 8.40. The van der Waals surface area contributed by atoms with Crippen LogP contribution in [0.3, 0.4) is 0 Å². The van der Waals surface area contributed by atoms with Gasteiger partial charge in [-0.3, -0.25) is 4.79 Å². The topological polar surface area (TPSA) is 123 Å². The van der Waals surface area contributed by atoms with Crippen LogP contribution in [0.15, 0.2) is 58.3 Å². The highest BCUT2D eigenvalue weighted by Gasteiger charge is 2.18. The van der Waals surface area contributed by atoms with Crippen LogP contribution in [0.1, 0.15) is 16.1 Å². The number of azo groups is 1. The number of benzene rings is 1. The first-order chi connectivity index (χ1) is 13.1. The van der Waals surface area contributed by atoms with E-state index in [1.54, 1.807) is 18.5 Å². The number of rotatable bonds is 4. The second-order valence-corrected chi connectivity index (χ2v) is 6.43. The zero-order chi connectivity index (χ0) is 18.8. The maximum atomic E-state index is 12.6. The van der Waals surface area contributed by atoms with Crippen LogP contribution in [0.25, 0.3) is 5.65 Å². The predicted molar refractivity (Wildman–Crippen MR) is 103 cm³/mol. The lowest BCUT2D eigenvalue weighted by Gasteiger charge is -2.08. The normalized spacial score (nSPS) is 11.3. The molecule has 1 amide bonds. The van der Waals surface area contributed by atoms with Gasteiger partial charge in [0.1, 0.15) is 0 Å². The molecule has 4 rings (SSSR count). The van der Waals surface area contributed by atoms with Gasteiger partial charge in [-0.2, -0.15) is 0 Å². The lowest BCUT2D eigenvalue weighted by molar-refractivity contribution is 0.102. The molecule has 0 saturated heterocycles.